The molecule has 0 amide bonds. The van der Waals surface area contributed by atoms with Crippen molar-refractivity contribution in [2.24, 2.45) is 0 Å². The maximum absolute atomic E-state index is 10.6. The lowest BCUT2D eigenvalue weighted by atomic mass is 10.1. The van der Waals surface area contributed by atoms with E-state index in [9.17, 15) is 4.79 Å². The molecule has 0 radical (unpaired) electrons. The third-order valence-corrected chi connectivity index (χ3v) is 2.27. The minimum absolute atomic E-state index is 0.0194. The molecule has 2 rings (SSSR count). The average Bonchev–Trinajstić information content (AvgIpc) is 2.45. The number of fused-ring (bicyclic) bond motifs is 1. The molecule has 1 aromatic heterocycles. The van der Waals surface area contributed by atoms with Crippen LogP contribution in [0.2, 0.25) is 5.15 Å². The first kappa shape index (κ1) is 9.09. The Balaban J connectivity index is 2.58. The fraction of sp³-hybridized carbons (Fsp3) is 0.100. The van der Waals surface area contributed by atoms with Gasteiger partial charge in [-0.3, -0.25) is 4.79 Å². The van der Waals surface area contributed by atoms with E-state index >= 15 is 0 Å². The Morgan fingerprint density at radius 1 is 1.50 bits per heavy atom. The number of benzene rings is 1. The van der Waals surface area contributed by atoms with Crippen LogP contribution in [0.4, 0.5) is 0 Å². The van der Waals surface area contributed by atoms with Gasteiger partial charge in [-0.15, -0.1) is 0 Å². The van der Waals surface area contributed by atoms with Gasteiger partial charge in [-0.1, -0.05) is 23.7 Å². The fourth-order valence-electron chi connectivity index (χ4n) is 1.50. The summed E-state index contributed by atoms with van der Waals surface area (Å²) < 4.78 is 0. The Hall–Kier alpha value is -1.48. The molecule has 72 valence electrons. The van der Waals surface area contributed by atoms with Gasteiger partial charge in [0.1, 0.15) is 5.15 Å². The highest BCUT2D eigenvalue weighted by Crippen LogP contribution is 2.22. The van der Waals surface area contributed by atoms with Crippen molar-refractivity contribution in [3.8, 4) is 0 Å². The van der Waals surface area contributed by atoms with Crippen LogP contribution in [0.15, 0.2) is 24.3 Å². The number of carbonyl (C=O) groups is 1. The second kappa shape index (κ2) is 3.35. The van der Waals surface area contributed by atoms with Crippen LogP contribution in [-0.2, 0) is 11.2 Å². The number of nitrogens with one attached hydrogen (secondary N) is 1. The average molecular weight is 210 g/mol. The minimum atomic E-state index is -0.838. The number of rotatable bonds is 2. The predicted octanol–water partition coefficient (Wildman–Crippen LogP) is 2.45. The molecule has 0 aliphatic heterocycles. The van der Waals surface area contributed by atoms with Gasteiger partial charge >= 0.3 is 5.97 Å². The zero-order valence-electron chi connectivity index (χ0n) is 7.25. The summed E-state index contributed by atoms with van der Waals surface area (Å²) in [5.74, 6) is -0.838. The quantitative estimate of drug-likeness (QED) is 0.798. The number of aliphatic carboxylic acids is 1. The summed E-state index contributed by atoms with van der Waals surface area (Å²) in [5.41, 5.74) is 1.65. The molecule has 0 aliphatic rings. The van der Waals surface area contributed by atoms with Crippen molar-refractivity contribution in [2.75, 3.05) is 0 Å². The van der Waals surface area contributed by atoms with Crippen molar-refractivity contribution in [1.29, 1.82) is 0 Å². The van der Waals surface area contributed by atoms with Crippen molar-refractivity contribution in [3.63, 3.8) is 0 Å². The van der Waals surface area contributed by atoms with E-state index in [4.69, 9.17) is 16.7 Å². The first-order valence-electron chi connectivity index (χ1n) is 4.15. The maximum atomic E-state index is 10.6. The molecule has 0 spiro atoms. The lowest BCUT2D eigenvalue weighted by Gasteiger charge is -1.98. The molecule has 0 saturated heterocycles. The van der Waals surface area contributed by atoms with Gasteiger partial charge in [0, 0.05) is 10.9 Å². The zero-order chi connectivity index (χ0) is 10.1. The first-order chi connectivity index (χ1) is 6.66. The van der Waals surface area contributed by atoms with E-state index in [1.807, 2.05) is 12.1 Å². The van der Waals surface area contributed by atoms with Crippen LogP contribution in [-0.4, -0.2) is 16.1 Å². The summed E-state index contributed by atoms with van der Waals surface area (Å²) in [5, 5.41) is 10.1. The molecule has 2 aromatic rings. The molecule has 0 aliphatic carbocycles. The number of carboxylic acids is 1. The summed E-state index contributed by atoms with van der Waals surface area (Å²) in [4.78, 5) is 13.5. The van der Waals surface area contributed by atoms with E-state index < -0.39 is 5.97 Å². The van der Waals surface area contributed by atoms with Crippen molar-refractivity contribution in [1.82, 2.24) is 4.98 Å². The number of hydrogen-bond acceptors (Lipinski definition) is 1. The lowest BCUT2D eigenvalue weighted by molar-refractivity contribution is -0.136. The van der Waals surface area contributed by atoms with Crippen LogP contribution in [0.1, 0.15) is 5.56 Å². The number of H-pyrrole nitrogens is 1. The summed E-state index contributed by atoms with van der Waals surface area (Å²) in [6.45, 7) is 0. The Bertz CT molecular complexity index is 490. The van der Waals surface area contributed by atoms with Crippen LogP contribution >= 0.6 is 11.6 Å². The third-order valence-electron chi connectivity index (χ3n) is 2.06. The largest absolute Gasteiger partial charge is 0.481 e. The number of halogens is 1. The summed E-state index contributed by atoms with van der Waals surface area (Å²) in [6, 6.07) is 7.22. The lowest BCUT2D eigenvalue weighted by Crippen LogP contribution is -1.99. The van der Waals surface area contributed by atoms with E-state index in [2.05, 4.69) is 4.98 Å². The van der Waals surface area contributed by atoms with Crippen LogP contribution in [0.25, 0.3) is 10.9 Å². The molecule has 0 bridgehead atoms. The summed E-state index contributed by atoms with van der Waals surface area (Å²) >= 11 is 5.79. The monoisotopic (exact) mass is 209 g/mol. The van der Waals surface area contributed by atoms with Crippen molar-refractivity contribution < 1.29 is 9.90 Å². The van der Waals surface area contributed by atoms with Gasteiger partial charge in [0.15, 0.2) is 0 Å². The van der Waals surface area contributed by atoms with E-state index in [-0.39, 0.29) is 6.42 Å². The topological polar surface area (TPSA) is 53.1 Å². The highest BCUT2D eigenvalue weighted by Gasteiger charge is 2.07. The minimum Gasteiger partial charge on any atom is -0.481 e. The van der Waals surface area contributed by atoms with Crippen LogP contribution in [0.3, 0.4) is 0 Å². The highest BCUT2D eigenvalue weighted by molar-refractivity contribution is 6.30. The standard InChI is InChI=1S/C10H8ClNO2/c11-9-5-7-6(4-10(13)14)2-1-3-8(7)12-9/h1-3,5,12H,4H2,(H,13,14). The molecule has 2 N–H and O–H groups in total. The molecule has 14 heavy (non-hydrogen) atoms. The molecule has 1 heterocycles. The third kappa shape index (κ3) is 1.59. The predicted molar refractivity (Wildman–Crippen MR) is 54.6 cm³/mol. The van der Waals surface area contributed by atoms with E-state index in [0.29, 0.717) is 5.15 Å². The molecule has 3 nitrogen and oxygen atoms in total. The first-order valence-corrected chi connectivity index (χ1v) is 4.52. The molecule has 0 fully saturated rings. The number of aromatic nitrogens is 1. The Morgan fingerprint density at radius 3 is 3.00 bits per heavy atom. The second-order valence-corrected chi connectivity index (χ2v) is 3.47. The van der Waals surface area contributed by atoms with Gasteiger partial charge in [-0.25, -0.2) is 0 Å². The van der Waals surface area contributed by atoms with Gasteiger partial charge in [-0.2, -0.15) is 0 Å². The van der Waals surface area contributed by atoms with Gasteiger partial charge in [0.2, 0.25) is 0 Å². The molecule has 4 heteroatoms. The number of carboxylic acid groups (broad SMARTS) is 1. The van der Waals surface area contributed by atoms with Crippen molar-refractivity contribution in [2.45, 2.75) is 6.42 Å². The van der Waals surface area contributed by atoms with Crippen LogP contribution in [0.5, 0.6) is 0 Å². The van der Waals surface area contributed by atoms with Crippen molar-refractivity contribution in [3.05, 3.63) is 35.0 Å². The van der Waals surface area contributed by atoms with Gasteiger partial charge < -0.3 is 10.1 Å². The van der Waals surface area contributed by atoms with E-state index in [1.165, 1.54) is 0 Å². The maximum Gasteiger partial charge on any atom is 0.307 e. The Morgan fingerprint density at radius 2 is 2.29 bits per heavy atom. The van der Waals surface area contributed by atoms with E-state index in [1.54, 1.807) is 12.1 Å². The summed E-state index contributed by atoms with van der Waals surface area (Å²) in [6.07, 6.45) is 0.0194. The SMILES string of the molecule is O=C(O)Cc1cccc2[nH]c(Cl)cc12. The molecule has 0 atom stereocenters. The van der Waals surface area contributed by atoms with Gasteiger partial charge in [-0.05, 0) is 17.7 Å². The molecular formula is C10H8ClNO2. The molecule has 1 aromatic carbocycles. The van der Waals surface area contributed by atoms with Gasteiger partial charge in [0.05, 0.1) is 6.42 Å². The van der Waals surface area contributed by atoms with E-state index in [0.717, 1.165) is 16.5 Å². The Kier molecular flexibility index (Phi) is 2.17. The number of aromatic amines is 1. The summed E-state index contributed by atoms with van der Waals surface area (Å²) in [7, 11) is 0. The zero-order valence-corrected chi connectivity index (χ0v) is 8.01. The molecular weight excluding hydrogens is 202 g/mol. The highest BCUT2D eigenvalue weighted by atomic mass is 35.5. The van der Waals surface area contributed by atoms with Crippen molar-refractivity contribution >= 4 is 28.5 Å². The molecule has 0 saturated carbocycles. The normalized spacial score (nSPS) is 10.6. The van der Waals surface area contributed by atoms with Crippen LogP contribution in [0, 0.1) is 0 Å². The fourth-order valence-corrected chi connectivity index (χ4v) is 1.71. The smallest absolute Gasteiger partial charge is 0.307 e. The number of hydrogen-bond donors (Lipinski definition) is 2. The second-order valence-electron chi connectivity index (χ2n) is 3.07. The van der Waals surface area contributed by atoms with Crippen LogP contribution < -0.4 is 0 Å². The molecule has 0 unspecified atom stereocenters. The van der Waals surface area contributed by atoms with Gasteiger partial charge in [0.25, 0.3) is 0 Å². The Labute approximate surface area is 85.3 Å².